The number of methoxy groups -OCH3 is 1. The molecule has 0 saturated carbocycles. The molecular formula is C8H12O3. The largest absolute Gasteiger partial charge is 0.498 e. The van der Waals surface area contributed by atoms with Crippen molar-refractivity contribution < 1.29 is 14.3 Å². The summed E-state index contributed by atoms with van der Waals surface area (Å²) in [6.45, 7) is 8.56. The molecule has 62 valence electrons. The van der Waals surface area contributed by atoms with Crippen molar-refractivity contribution in [3.63, 3.8) is 0 Å². The van der Waals surface area contributed by atoms with E-state index >= 15 is 0 Å². The highest BCUT2D eigenvalue weighted by molar-refractivity contribution is 5.86. The van der Waals surface area contributed by atoms with Gasteiger partial charge in [-0.15, -0.1) is 0 Å². The Bertz CT molecular complexity index is 182. The Hall–Kier alpha value is -1.25. The summed E-state index contributed by atoms with van der Waals surface area (Å²) in [5.41, 5.74) is 0.369. The summed E-state index contributed by atoms with van der Waals surface area (Å²) < 4.78 is 9.37. The fourth-order valence-electron chi connectivity index (χ4n) is 0.328. The number of carbonyl (C=O) groups is 1. The van der Waals surface area contributed by atoms with Gasteiger partial charge >= 0.3 is 5.97 Å². The Kier molecular flexibility index (Phi) is 4.03. The van der Waals surface area contributed by atoms with Gasteiger partial charge in [0, 0.05) is 5.57 Å². The van der Waals surface area contributed by atoms with E-state index in [-0.39, 0.29) is 6.61 Å². The Morgan fingerprint density at radius 2 is 2.00 bits per heavy atom. The smallest absolute Gasteiger partial charge is 0.333 e. The molecule has 0 heterocycles. The molecule has 0 fully saturated rings. The van der Waals surface area contributed by atoms with Gasteiger partial charge in [-0.1, -0.05) is 13.2 Å². The molecule has 0 amide bonds. The lowest BCUT2D eigenvalue weighted by Crippen LogP contribution is -2.08. The van der Waals surface area contributed by atoms with E-state index in [2.05, 4.69) is 17.9 Å². The molecule has 0 bridgehead atoms. The second kappa shape index (κ2) is 4.55. The fourth-order valence-corrected chi connectivity index (χ4v) is 0.328. The third-order valence-corrected chi connectivity index (χ3v) is 1.00. The molecule has 0 N–H and O–H groups in total. The Labute approximate surface area is 66.3 Å². The number of esters is 1. The fraction of sp³-hybridized carbons (Fsp3) is 0.375. The molecule has 3 heteroatoms. The predicted octanol–water partition coefficient (Wildman–Crippen LogP) is 1.27. The van der Waals surface area contributed by atoms with E-state index in [1.165, 1.54) is 7.11 Å². The molecule has 0 aliphatic carbocycles. The number of hydrogen-bond acceptors (Lipinski definition) is 3. The van der Waals surface area contributed by atoms with Crippen LogP contribution in [0, 0.1) is 0 Å². The molecule has 0 unspecified atom stereocenters. The summed E-state index contributed by atoms with van der Waals surface area (Å²) in [4.78, 5) is 10.7. The second-order valence-corrected chi connectivity index (χ2v) is 2.10. The zero-order chi connectivity index (χ0) is 8.85. The maximum absolute atomic E-state index is 10.7. The number of ether oxygens (including phenoxy) is 2. The molecule has 0 saturated heterocycles. The molecule has 11 heavy (non-hydrogen) atoms. The maximum Gasteiger partial charge on any atom is 0.333 e. The van der Waals surface area contributed by atoms with Gasteiger partial charge in [0.2, 0.25) is 0 Å². The van der Waals surface area contributed by atoms with E-state index < -0.39 is 5.97 Å². The van der Waals surface area contributed by atoms with Crippen LogP contribution in [-0.2, 0) is 14.3 Å². The minimum absolute atomic E-state index is 0.0855. The Morgan fingerprint density at radius 3 is 2.36 bits per heavy atom. The standard InChI is InChI=1S/C8H12O3/c1-6(2)8(9)11-5-7(3)10-4/h1,3,5H2,2,4H3. The van der Waals surface area contributed by atoms with Crippen molar-refractivity contribution in [3.8, 4) is 0 Å². The average Bonchev–Trinajstić information content (AvgIpc) is 1.99. The van der Waals surface area contributed by atoms with E-state index in [0.717, 1.165) is 0 Å². The van der Waals surface area contributed by atoms with Crippen LogP contribution in [0.25, 0.3) is 0 Å². The van der Waals surface area contributed by atoms with Gasteiger partial charge in [0.25, 0.3) is 0 Å². The lowest BCUT2D eigenvalue weighted by molar-refractivity contribution is -0.138. The van der Waals surface area contributed by atoms with Crippen molar-refractivity contribution in [3.05, 3.63) is 24.5 Å². The first-order valence-corrected chi connectivity index (χ1v) is 3.12. The molecule has 0 aromatic rings. The van der Waals surface area contributed by atoms with Crippen LogP contribution in [0.5, 0.6) is 0 Å². The van der Waals surface area contributed by atoms with Gasteiger partial charge < -0.3 is 9.47 Å². The van der Waals surface area contributed by atoms with Gasteiger partial charge in [-0.2, -0.15) is 0 Å². The molecule has 0 atom stereocenters. The van der Waals surface area contributed by atoms with Gasteiger partial charge in [-0.3, -0.25) is 0 Å². The lowest BCUT2D eigenvalue weighted by Gasteiger charge is -2.04. The molecular weight excluding hydrogens is 144 g/mol. The third kappa shape index (κ3) is 4.19. The first-order valence-electron chi connectivity index (χ1n) is 3.12. The van der Waals surface area contributed by atoms with Crippen molar-refractivity contribution >= 4 is 5.97 Å². The zero-order valence-electron chi connectivity index (χ0n) is 6.85. The summed E-state index contributed by atoms with van der Waals surface area (Å²) in [6.07, 6.45) is 0. The minimum atomic E-state index is -0.428. The highest BCUT2D eigenvalue weighted by Crippen LogP contribution is 1.96. The van der Waals surface area contributed by atoms with Gasteiger partial charge in [-0.05, 0) is 6.92 Å². The average molecular weight is 156 g/mol. The van der Waals surface area contributed by atoms with Crippen molar-refractivity contribution in [1.82, 2.24) is 0 Å². The normalized spacial score (nSPS) is 8.55. The summed E-state index contributed by atoms with van der Waals surface area (Å²) in [6, 6.07) is 0. The van der Waals surface area contributed by atoms with Crippen molar-refractivity contribution in [2.45, 2.75) is 6.92 Å². The van der Waals surface area contributed by atoms with E-state index in [9.17, 15) is 4.79 Å². The highest BCUT2D eigenvalue weighted by Gasteiger charge is 2.02. The topological polar surface area (TPSA) is 35.5 Å². The van der Waals surface area contributed by atoms with Crippen molar-refractivity contribution in [2.75, 3.05) is 13.7 Å². The van der Waals surface area contributed by atoms with Crippen LogP contribution < -0.4 is 0 Å². The number of carbonyl (C=O) groups excluding carboxylic acids is 1. The van der Waals surface area contributed by atoms with Gasteiger partial charge in [0.1, 0.15) is 12.4 Å². The summed E-state index contributed by atoms with van der Waals surface area (Å²) in [7, 11) is 1.47. The molecule has 0 aliphatic rings. The van der Waals surface area contributed by atoms with Gasteiger partial charge in [0.15, 0.2) is 0 Å². The van der Waals surface area contributed by atoms with Crippen molar-refractivity contribution in [2.24, 2.45) is 0 Å². The quantitative estimate of drug-likeness (QED) is 0.349. The van der Waals surface area contributed by atoms with Gasteiger partial charge in [-0.25, -0.2) is 4.79 Å². The van der Waals surface area contributed by atoms with Crippen LogP contribution in [0.4, 0.5) is 0 Å². The van der Waals surface area contributed by atoms with E-state index in [4.69, 9.17) is 4.74 Å². The zero-order valence-corrected chi connectivity index (χ0v) is 6.85. The first kappa shape index (κ1) is 9.75. The van der Waals surface area contributed by atoms with E-state index in [1.54, 1.807) is 6.92 Å². The van der Waals surface area contributed by atoms with Gasteiger partial charge in [0.05, 0.1) is 7.11 Å². The SMILES string of the molecule is C=C(COC(=O)C(=C)C)OC. The summed E-state index contributed by atoms with van der Waals surface area (Å²) >= 11 is 0. The van der Waals surface area contributed by atoms with Crippen LogP contribution in [0.2, 0.25) is 0 Å². The van der Waals surface area contributed by atoms with Crippen LogP contribution >= 0.6 is 0 Å². The summed E-state index contributed by atoms with van der Waals surface area (Å²) in [5, 5.41) is 0. The summed E-state index contributed by atoms with van der Waals surface area (Å²) in [5.74, 6) is -0.0113. The number of hydrogen-bond donors (Lipinski definition) is 0. The second-order valence-electron chi connectivity index (χ2n) is 2.10. The molecule has 0 rings (SSSR count). The number of rotatable bonds is 4. The van der Waals surface area contributed by atoms with Crippen LogP contribution in [0.15, 0.2) is 24.5 Å². The molecule has 3 nitrogen and oxygen atoms in total. The lowest BCUT2D eigenvalue weighted by atomic mass is 10.4. The molecule has 0 aliphatic heterocycles. The maximum atomic E-state index is 10.7. The Balaban J connectivity index is 3.63. The van der Waals surface area contributed by atoms with Crippen LogP contribution in [0.3, 0.4) is 0 Å². The van der Waals surface area contributed by atoms with E-state index in [1.807, 2.05) is 0 Å². The molecule has 0 spiro atoms. The molecule has 0 radical (unpaired) electrons. The highest BCUT2D eigenvalue weighted by atomic mass is 16.6. The van der Waals surface area contributed by atoms with Crippen LogP contribution in [-0.4, -0.2) is 19.7 Å². The predicted molar refractivity (Wildman–Crippen MR) is 41.9 cm³/mol. The third-order valence-electron chi connectivity index (χ3n) is 1.00. The first-order chi connectivity index (χ1) is 5.07. The molecule has 0 aromatic heterocycles. The molecule has 0 aromatic carbocycles. The van der Waals surface area contributed by atoms with E-state index in [0.29, 0.717) is 11.3 Å². The van der Waals surface area contributed by atoms with Crippen molar-refractivity contribution in [1.29, 1.82) is 0 Å². The Morgan fingerprint density at radius 1 is 1.45 bits per heavy atom. The monoisotopic (exact) mass is 156 g/mol. The van der Waals surface area contributed by atoms with Crippen LogP contribution in [0.1, 0.15) is 6.92 Å². The minimum Gasteiger partial charge on any atom is -0.498 e.